The summed E-state index contributed by atoms with van der Waals surface area (Å²) in [4.78, 5) is 4.27. The van der Waals surface area contributed by atoms with Crippen LogP contribution in [0, 0.1) is 13.8 Å². The molecule has 0 radical (unpaired) electrons. The van der Waals surface area contributed by atoms with Crippen molar-refractivity contribution in [2.24, 2.45) is 10.9 Å². The zero-order valence-electron chi connectivity index (χ0n) is 10.8. The fourth-order valence-electron chi connectivity index (χ4n) is 1.65. The van der Waals surface area contributed by atoms with Gasteiger partial charge in [-0.2, -0.15) is 0 Å². The number of amidine groups is 1. The zero-order valence-corrected chi connectivity index (χ0v) is 10.8. The Morgan fingerprint density at radius 3 is 2.74 bits per heavy atom. The number of oxime groups is 1. The standard InChI is InChI=1S/C14H15N3O2/c1-9-4-3-5-11(8-9)19-14-12(13(15)17-18)7-6-10(2)16-14/h3-8,18H,1-2H3,(H2,15,17). The highest BCUT2D eigenvalue weighted by Gasteiger charge is 2.11. The molecule has 1 aromatic carbocycles. The molecular weight excluding hydrogens is 242 g/mol. The first-order valence-electron chi connectivity index (χ1n) is 5.80. The zero-order chi connectivity index (χ0) is 13.8. The summed E-state index contributed by atoms with van der Waals surface area (Å²) in [5.41, 5.74) is 7.93. The Kier molecular flexibility index (Phi) is 3.66. The van der Waals surface area contributed by atoms with Gasteiger partial charge in [0.25, 0.3) is 0 Å². The molecule has 19 heavy (non-hydrogen) atoms. The number of benzene rings is 1. The van der Waals surface area contributed by atoms with Gasteiger partial charge in [-0.25, -0.2) is 4.98 Å². The van der Waals surface area contributed by atoms with E-state index in [0.29, 0.717) is 17.2 Å². The molecule has 2 aromatic rings. The second-order valence-electron chi connectivity index (χ2n) is 4.21. The number of aryl methyl sites for hydroxylation is 2. The molecule has 0 unspecified atom stereocenters. The molecule has 1 aromatic heterocycles. The van der Waals surface area contributed by atoms with Crippen LogP contribution < -0.4 is 10.5 Å². The first-order chi connectivity index (χ1) is 9.10. The largest absolute Gasteiger partial charge is 0.438 e. The molecule has 0 amide bonds. The predicted molar refractivity (Wildman–Crippen MR) is 72.7 cm³/mol. The van der Waals surface area contributed by atoms with Gasteiger partial charge in [-0.3, -0.25) is 0 Å². The summed E-state index contributed by atoms with van der Waals surface area (Å²) < 4.78 is 5.71. The lowest BCUT2D eigenvalue weighted by Crippen LogP contribution is -2.15. The van der Waals surface area contributed by atoms with Crippen LogP contribution in [0.15, 0.2) is 41.6 Å². The van der Waals surface area contributed by atoms with Crippen LogP contribution >= 0.6 is 0 Å². The summed E-state index contributed by atoms with van der Waals surface area (Å²) in [6, 6.07) is 11.1. The molecule has 0 atom stereocenters. The number of pyridine rings is 1. The van der Waals surface area contributed by atoms with Crippen LogP contribution in [0.25, 0.3) is 0 Å². The number of aromatic nitrogens is 1. The topological polar surface area (TPSA) is 80.7 Å². The van der Waals surface area contributed by atoms with Crippen LogP contribution in [0.1, 0.15) is 16.8 Å². The number of ether oxygens (including phenoxy) is 1. The van der Waals surface area contributed by atoms with Gasteiger partial charge >= 0.3 is 0 Å². The number of hydrogen-bond acceptors (Lipinski definition) is 4. The molecule has 3 N–H and O–H groups in total. The highest BCUT2D eigenvalue weighted by Crippen LogP contribution is 2.24. The maximum Gasteiger partial charge on any atom is 0.230 e. The Morgan fingerprint density at radius 1 is 1.26 bits per heavy atom. The van der Waals surface area contributed by atoms with Crippen molar-refractivity contribution in [3.05, 3.63) is 53.2 Å². The van der Waals surface area contributed by atoms with Gasteiger partial charge in [-0.15, -0.1) is 0 Å². The van der Waals surface area contributed by atoms with Crippen molar-refractivity contribution < 1.29 is 9.94 Å². The van der Waals surface area contributed by atoms with E-state index in [4.69, 9.17) is 15.7 Å². The van der Waals surface area contributed by atoms with Gasteiger partial charge in [-0.1, -0.05) is 17.3 Å². The normalized spacial score (nSPS) is 11.4. The molecule has 0 saturated carbocycles. The van der Waals surface area contributed by atoms with E-state index in [1.807, 2.05) is 38.1 Å². The Labute approximate surface area is 111 Å². The van der Waals surface area contributed by atoms with Gasteiger partial charge in [0.1, 0.15) is 5.75 Å². The maximum atomic E-state index is 8.77. The van der Waals surface area contributed by atoms with Crippen molar-refractivity contribution >= 4 is 5.84 Å². The van der Waals surface area contributed by atoms with Crippen LogP contribution in [0.2, 0.25) is 0 Å². The summed E-state index contributed by atoms with van der Waals surface area (Å²) in [6.07, 6.45) is 0. The molecule has 0 bridgehead atoms. The van der Waals surface area contributed by atoms with Gasteiger partial charge < -0.3 is 15.7 Å². The number of nitrogens with two attached hydrogens (primary N) is 1. The predicted octanol–water partition coefficient (Wildman–Crippen LogP) is 2.59. The van der Waals surface area contributed by atoms with Gasteiger partial charge in [-0.05, 0) is 43.7 Å². The second-order valence-corrected chi connectivity index (χ2v) is 4.21. The van der Waals surface area contributed by atoms with E-state index >= 15 is 0 Å². The highest BCUT2D eigenvalue weighted by atomic mass is 16.5. The molecule has 0 saturated heterocycles. The third kappa shape index (κ3) is 3.01. The minimum absolute atomic E-state index is 0.0323. The van der Waals surface area contributed by atoms with E-state index in [2.05, 4.69) is 10.1 Å². The molecule has 5 heteroatoms. The Hall–Kier alpha value is -2.56. The molecule has 0 aliphatic heterocycles. The van der Waals surface area contributed by atoms with Crippen LogP contribution in [0.3, 0.4) is 0 Å². The molecule has 0 fully saturated rings. The molecule has 0 aliphatic rings. The fraction of sp³-hybridized carbons (Fsp3) is 0.143. The average molecular weight is 257 g/mol. The molecule has 98 valence electrons. The molecule has 0 spiro atoms. The second kappa shape index (κ2) is 5.39. The molecule has 0 aliphatic carbocycles. The van der Waals surface area contributed by atoms with Gasteiger partial charge in [0.2, 0.25) is 5.88 Å². The molecular formula is C14H15N3O2. The number of hydrogen-bond donors (Lipinski definition) is 2. The third-order valence-corrected chi connectivity index (χ3v) is 2.59. The van der Waals surface area contributed by atoms with E-state index in [-0.39, 0.29) is 5.84 Å². The van der Waals surface area contributed by atoms with E-state index < -0.39 is 0 Å². The van der Waals surface area contributed by atoms with Crippen LogP contribution in [0.4, 0.5) is 0 Å². The Morgan fingerprint density at radius 2 is 2.05 bits per heavy atom. The van der Waals surface area contributed by atoms with E-state index in [0.717, 1.165) is 11.3 Å². The monoisotopic (exact) mass is 257 g/mol. The number of rotatable bonds is 3. The SMILES string of the molecule is Cc1cccc(Oc2nc(C)ccc2/C(N)=N/O)c1. The molecule has 1 heterocycles. The van der Waals surface area contributed by atoms with Crippen molar-refractivity contribution in [3.63, 3.8) is 0 Å². The third-order valence-electron chi connectivity index (χ3n) is 2.59. The van der Waals surface area contributed by atoms with Gasteiger partial charge in [0.15, 0.2) is 5.84 Å². The minimum Gasteiger partial charge on any atom is -0.438 e. The van der Waals surface area contributed by atoms with Crippen LogP contribution in [-0.2, 0) is 0 Å². The summed E-state index contributed by atoms with van der Waals surface area (Å²) in [5.74, 6) is 0.946. The van der Waals surface area contributed by atoms with Gasteiger partial charge in [0, 0.05) is 5.69 Å². The quantitative estimate of drug-likeness (QED) is 0.383. The first kappa shape index (κ1) is 12.9. The summed E-state index contributed by atoms with van der Waals surface area (Å²) >= 11 is 0. The van der Waals surface area contributed by atoms with E-state index in [1.165, 1.54) is 0 Å². The summed E-state index contributed by atoms with van der Waals surface area (Å²) in [5, 5.41) is 11.8. The number of nitrogens with zero attached hydrogens (tertiary/aromatic N) is 2. The van der Waals surface area contributed by atoms with Crippen molar-refractivity contribution in [1.82, 2.24) is 4.98 Å². The molecule has 2 rings (SSSR count). The van der Waals surface area contributed by atoms with Crippen molar-refractivity contribution in [2.75, 3.05) is 0 Å². The fourth-order valence-corrected chi connectivity index (χ4v) is 1.65. The van der Waals surface area contributed by atoms with Crippen molar-refractivity contribution in [3.8, 4) is 11.6 Å². The lowest BCUT2D eigenvalue weighted by molar-refractivity contribution is 0.318. The smallest absolute Gasteiger partial charge is 0.230 e. The molecule has 5 nitrogen and oxygen atoms in total. The Bertz CT molecular complexity index is 624. The lowest BCUT2D eigenvalue weighted by atomic mass is 10.2. The van der Waals surface area contributed by atoms with Crippen LogP contribution in [-0.4, -0.2) is 16.0 Å². The summed E-state index contributed by atoms with van der Waals surface area (Å²) in [6.45, 7) is 3.82. The minimum atomic E-state index is -0.0323. The Balaban J connectivity index is 2.41. The van der Waals surface area contributed by atoms with E-state index in [9.17, 15) is 0 Å². The highest BCUT2D eigenvalue weighted by molar-refractivity contribution is 5.99. The van der Waals surface area contributed by atoms with Gasteiger partial charge in [0.05, 0.1) is 5.56 Å². The maximum absolute atomic E-state index is 8.77. The average Bonchev–Trinajstić information content (AvgIpc) is 2.38. The summed E-state index contributed by atoms with van der Waals surface area (Å²) in [7, 11) is 0. The van der Waals surface area contributed by atoms with E-state index in [1.54, 1.807) is 12.1 Å². The van der Waals surface area contributed by atoms with Crippen molar-refractivity contribution in [1.29, 1.82) is 0 Å². The first-order valence-corrected chi connectivity index (χ1v) is 5.80. The lowest BCUT2D eigenvalue weighted by Gasteiger charge is -2.10. The van der Waals surface area contributed by atoms with Crippen LogP contribution in [0.5, 0.6) is 11.6 Å². The van der Waals surface area contributed by atoms with Crippen molar-refractivity contribution in [2.45, 2.75) is 13.8 Å².